The molecule has 2 N–H and O–H groups in total. The second-order valence-electron chi connectivity index (χ2n) is 9.94. The number of fused-ring (bicyclic) bond motifs is 2. The maximum absolute atomic E-state index is 16.1. The van der Waals surface area contributed by atoms with E-state index in [1.807, 2.05) is 0 Å². The van der Waals surface area contributed by atoms with Crippen molar-refractivity contribution in [2.75, 3.05) is 36.4 Å². The van der Waals surface area contributed by atoms with E-state index in [0.29, 0.717) is 25.0 Å². The maximum atomic E-state index is 16.1. The van der Waals surface area contributed by atoms with E-state index >= 15 is 8.78 Å². The Morgan fingerprint density at radius 2 is 1.75 bits per heavy atom. The highest BCUT2D eigenvalue weighted by Gasteiger charge is 2.28. The zero-order valence-corrected chi connectivity index (χ0v) is 23.0. The third-order valence-corrected chi connectivity index (χ3v) is 7.36. The zero-order valence-electron chi connectivity index (χ0n) is 21.4. The lowest BCUT2D eigenvalue weighted by atomic mass is 10.0. The lowest BCUT2D eigenvalue weighted by molar-refractivity contribution is 0.0636. The number of hydrogen-bond acceptors (Lipinski definition) is 8. The van der Waals surface area contributed by atoms with Gasteiger partial charge in [0.05, 0.1) is 15.2 Å². The molecule has 2 amide bonds. The van der Waals surface area contributed by atoms with E-state index in [9.17, 15) is 19.1 Å². The lowest BCUT2D eigenvalue weighted by Crippen LogP contribution is -2.48. The Bertz CT molecular complexity index is 1670. The van der Waals surface area contributed by atoms with Crippen LogP contribution in [0.15, 0.2) is 18.5 Å². The number of hydrogen-bond donors (Lipinski definition) is 2. The molecule has 1 aliphatic heterocycles. The number of halogens is 4. The van der Waals surface area contributed by atoms with Crippen molar-refractivity contribution in [2.45, 2.75) is 26.4 Å². The SMILES string of the molecule is CC(C)(C)OC(=O)Nc1nc2c(-c3c(Cl)cc4c(N5CCN(C(=O)O)CC5)ncnc4c3F)c(F)cc(F)c2s1. The fourth-order valence-electron chi connectivity index (χ4n) is 4.40. The number of piperazine rings is 1. The van der Waals surface area contributed by atoms with E-state index in [1.54, 1.807) is 25.7 Å². The molecule has 15 heteroatoms. The van der Waals surface area contributed by atoms with E-state index in [2.05, 4.69) is 20.3 Å². The number of benzene rings is 2. The molecular weight excluding hydrogens is 573 g/mol. The molecule has 210 valence electrons. The molecule has 0 atom stereocenters. The second-order valence-corrected chi connectivity index (χ2v) is 11.3. The third kappa shape index (κ3) is 5.16. The summed E-state index contributed by atoms with van der Waals surface area (Å²) in [5, 5.41) is 11.6. The maximum Gasteiger partial charge on any atom is 0.413 e. The number of rotatable bonds is 3. The monoisotopic (exact) mass is 594 g/mol. The molecule has 5 rings (SSSR count). The molecule has 0 unspecified atom stereocenters. The van der Waals surface area contributed by atoms with Crippen molar-refractivity contribution < 1.29 is 32.6 Å². The molecule has 4 aromatic rings. The van der Waals surface area contributed by atoms with Crippen molar-refractivity contribution in [3.05, 3.63) is 40.9 Å². The standard InChI is InChI=1S/C25H22ClF3N6O4S/c1-25(2,3)39-23(36)33-22-32-19-16(13(27)9-14(28)20(19)40-22)15-12(26)8-11-18(17(15)29)30-10-31-21(11)34-4-6-35(7-5-34)24(37)38/h8-10H,4-7H2,1-3H3,(H,37,38)(H,32,33,36). The molecule has 10 nitrogen and oxygen atoms in total. The van der Waals surface area contributed by atoms with Crippen LogP contribution in [0.1, 0.15) is 20.8 Å². The first-order valence-electron chi connectivity index (χ1n) is 12.0. The molecule has 40 heavy (non-hydrogen) atoms. The molecule has 0 spiro atoms. The van der Waals surface area contributed by atoms with Gasteiger partial charge in [0.25, 0.3) is 0 Å². The van der Waals surface area contributed by atoms with Crippen molar-refractivity contribution in [3.63, 3.8) is 0 Å². The van der Waals surface area contributed by atoms with E-state index in [-0.39, 0.29) is 49.9 Å². The molecule has 1 saturated heterocycles. The zero-order chi connectivity index (χ0) is 28.9. The summed E-state index contributed by atoms with van der Waals surface area (Å²) in [7, 11) is 0. The molecule has 0 saturated carbocycles. The summed E-state index contributed by atoms with van der Waals surface area (Å²) in [6, 6.07) is 1.98. The summed E-state index contributed by atoms with van der Waals surface area (Å²) in [5.41, 5.74) is -2.00. The third-order valence-electron chi connectivity index (χ3n) is 6.08. The topological polar surface area (TPSA) is 121 Å². The highest BCUT2D eigenvalue weighted by atomic mass is 35.5. The molecule has 1 fully saturated rings. The summed E-state index contributed by atoms with van der Waals surface area (Å²) in [6.45, 7) is 6.03. The van der Waals surface area contributed by atoms with Crippen molar-refractivity contribution in [3.8, 4) is 11.1 Å². The Morgan fingerprint density at radius 3 is 2.40 bits per heavy atom. The quantitative estimate of drug-likeness (QED) is 0.291. The highest BCUT2D eigenvalue weighted by Crippen LogP contribution is 2.43. The van der Waals surface area contributed by atoms with E-state index in [0.717, 1.165) is 17.7 Å². The van der Waals surface area contributed by atoms with Gasteiger partial charge in [-0.05, 0) is 26.8 Å². The van der Waals surface area contributed by atoms with Crippen molar-refractivity contribution in [1.29, 1.82) is 0 Å². The van der Waals surface area contributed by atoms with E-state index < -0.39 is 40.8 Å². The molecule has 2 aromatic heterocycles. The van der Waals surface area contributed by atoms with Crippen LogP contribution in [-0.4, -0.2) is 68.9 Å². The average molecular weight is 595 g/mol. The van der Waals surface area contributed by atoms with Gasteiger partial charge in [-0.2, -0.15) is 0 Å². The highest BCUT2D eigenvalue weighted by molar-refractivity contribution is 7.22. The van der Waals surface area contributed by atoms with Gasteiger partial charge in [0.2, 0.25) is 0 Å². The predicted molar refractivity (Wildman–Crippen MR) is 145 cm³/mol. The van der Waals surface area contributed by atoms with Gasteiger partial charge in [0.15, 0.2) is 10.9 Å². The predicted octanol–water partition coefficient (Wildman–Crippen LogP) is 6.12. The van der Waals surface area contributed by atoms with Gasteiger partial charge in [0.1, 0.15) is 34.9 Å². The van der Waals surface area contributed by atoms with Crippen LogP contribution in [0, 0.1) is 17.5 Å². The fourth-order valence-corrected chi connectivity index (χ4v) is 5.55. The Morgan fingerprint density at radius 1 is 1.05 bits per heavy atom. The summed E-state index contributed by atoms with van der Waals surface area (Å²) in [4.78, 5) is 39.0. The van der Waals surface area contributed by atoms with Gasteiger partial charge in [-0.1, -0.05) is 22.9 Å². The van der Waals surface area contributed by atoms with Gasteiger partial charge in [0, 0.05) is 48.8 Å². The lowest BCUT2D eigenvalue weighted by Gasteiger charge is -2.34. The molecule has 1 aliphatic rings. The van der Waals surface area contributed by atoms with Gasteiger partial charge in [-0.25, -0.2) is 37.7 Å². The molecule has 3 heterocycles. The summed E-state index contributed by atoms with van der Waals surface area (Å²) >= 11 is 7.25. The van der Waals surface area contributed by atoms with Crippen molar-refractivity contribution in [1.82, 2.24) is 19.9 Å². The molecular formula is C25H22ClF3N6O4S. The van der Waals surface area contributed by atoms with Crippen LogP contribution in [0.4, 0.5) is 33.7 Å². The smallest absolute Gasteiger partial charge is 0.413 e. The molecule has 0 bridgehead atoms. The van der Waals surface area contributed by atoms with Gasteiger partial charge in [-0.3, -0.25) is 5.32 Å². The van der Waals surface area contributed by atoms with Crippen LogP contribution in [0.3, 0.4) is 0 Å². The Labute approximate surface area is 234 Å². The van der Waals surface area contributed by atoms with E-state index in [1.165, 1.54) is 11.0 Å². The number of carbonyl (C=O) groups excluding carboxylic acids is 1. The Balaban J connectivity index is 1.60. The van der Waals surface area contributed by atoms with Crippen LogP contribution < -0.4 is 10.2 Å². The first-order chi connectivity index (χ1) is 18.8. The number of anilines is 2. The first-order valence-corrected chi connectivity index (χ1v) is 13.2. The number of aromatic nitrogens is 3. The van der Waals surface area contributed by atoms with E-state index in [4.69, 9.17) is 16.3 Å². The number of amides is 2. The number of carboxylic acid groups (broad SMARTS) is 1. The van der Waals surface area contributed by atoms with Crippen LogP contribution in [-0.2, 0) is 4.74 Å². The molecule has 2 aromatic carbocycles. The number of nitrogens with one attached hydrogen (secondary N) is 1. The summed E-state index contributed by atoms with van der Waals surface area (Å²) < 4.78 is 51.2. The number of ether oxygens (including phenoxy) is 1. The van der Waals surface area contributed by atoms with Crippen LogP contribution in [0.2, 0.25) is 5.02 Å². The minimum atomic E-state index is -1.11. The Hall–Kier alpha value is -3.91. The van der Waals surface area contributed by atoms with Crippen molar-refractivity contribution in [2.24, 2.45) is 0 Å². The minimum absolute atomic E-state index is 0.0857. The average Bonchev–Trinajstić information content (AvgIpc) is 3.28. The number of carbonyl (C=O) groups is 2. The van der Waals surface area contributed by atoms with Crippen molar-refractivity contribution >= 4 is 67.2 Å². The second kappa shape index (κ2) is 10.2. The normalized spacial score (nSPS) is 14.2. The minimum Gasteiger partial charge on any atom is -0.465 e. The number of thiazole rings is 1. The van der Waals surface area contributed by atoms with Crippen LogP contribution >= 0.6 is 22.9 Å². The molecule has 0 aliphatic carbocycles. The van der Waals surface area contributed by atoms with Gasteiger partial charge >= 0.3 is 12.2 Å². The largest absolute Gasteiger partial charge is 0.465 e. The fraction of sp³-hybridized carbons (Fsp3) is 0.320. The first kappa shape index (κ1) is 27.6. The van der Waals surface area contributed by atoms with Crippen LogP contribution in [0.25, 0.3) is 32.2 Å². The summed E-state index contributed by atoms with van der Waals surface area (Å²) in [5.74, 6) is -2.70. The van der Waals surface area contributed by atoms with Gasteiger partial charge in [-0.15, -0.1) is 0 Å². The summed E-state index contributed by atoms with van der Waals surface area (Å²) in [6.07, 6.45) is -0.744. The molecule has 0 radical (unpaired) electrons. The number of nitrogens with zero attached hydrogens (tertiary/aromatic N) is 5. The van der Waals surface area contributed by atoms with Gasteiger partial charge < -0.3 is 19.6 Å². The van der Waals surface area contributed by atoms with Crippen LogP contribution in [0.5, 0.6) is 0 Å². The Kier molecular flexibility index (Phi) is 7.08.